The second kappa shape index (κ2) is 8.74. The molecular weight excluding hydrogens is 424 g/mol. The number of fused-ring (bicyclic) bond motifs is 3. The summed E-state index contributed by atoms with van der Waals surface area (Å²) in [4.78, 5) is 30.0. The van der Waals surface area contributed by atoms with Gasteiger partial charge < -0.3 is 9.80 Å². The van der Waals surface area contributed by atoms with Crippen LogP contribution in [-0.2, 0) is 17.8 Å². The summed E-state index contributed by atoms with van der Waals surface area (Å²) in [6.45, 7) is 5.75. The number of anilines is 1. The number of carbonyl (C=O) groups is 1. The van der Waals surface area contributed by atoms with Gasteiger partial charge in [-0.2, -0.15) is 0 Å². The van der Waals surface area contributed by atoms with Gasteiger partial charge in [0.15, 0.2) is 0 Å². The fourth-order valence-corrected chi connectivity index (χ4v) is 5.22. The third-order valence-electron chi connectivity index (χ3n) is 6.04. The van der Waals surface area contributed by atoms with Crippen LogP contribution >= 0.6 is 11.3 Å². The minimum absolute atomic E-state index is 0.0179. The highest BCUT2D eigenvalue weighted by Gasteiger charge is 2.22. The quantitative estimate of drug-likeness (QED) is 0.452. The molecule has 4 aromatic rings. The fraction of sp³-hybridized carbons (Fsp3) is 0.391. The van der Waals surface area contributed by atoms with Crippen molar-refractivity contribution in [2.45, 2.75) is 32.7 Å². The number of benzene rings is 1. The first-order valence-corrected chi connectivity index (χ1v) is 12.0. The SMILES string of the molecule is CCCn1c(=O)c2sccc2n2c(CCC(=O)N3CCN(c4ccccc4)CC3)nnc12. The molecule has 0 N–H and O–H groups in total. The summed E-state index contributed by atoms with van der Waals surface area (Å²) in [5.74, 6) is 1.42. The first kappa shape index (κ1) is 20.7. The van der Waals surface area contributed by atoms with Gasteiger partial charge in [-0.3, -0.25) is 18.6 Å². The van der Waals surface area contributed by atoms with Crippen LogP contribution in [0.15, 0.2) is 46.6 Å². The third kappa shape index (κ3) is 3.66. The zero-order chi connectivity index (χ0) is 22.1. The number of rotatable bonds is 6. The number of amides is 1. The van der Waals surface area contributed by atoms with Crippen LogP contribution in [0.3, 0.4) is 0 Å². The second-order valence-corrected chi connectivity index (χ2v) is 8.96. The van der Waals surface area contributed by atoms with E-state index in [1.165, 1.54) is 17.0 Å². The lowest BCUT2D eigenvalue weighted by molar-refractivity contribution is -0.131. The molecule has 1 aromatic carbocycles. The second-order valence-electron chi connectivity index (χ2n) is 8.05. The Morgan fingerprint density at radius 2 is 1.84 bits per heavy atom. The lowest BCUT2D eigenvalue weighted by Crippen LogP contribution is -2.48. The van der Waals surface area contributed by atoms with E-state index in [1.807, 2.05) is 45.9 Å². The van der Waals surface area contributed by atoms with Crippen molar-refractivity contribution in [2.75, 3.05) is 31.1 Å². The monoisotopic (exact) mass is 450 g/mol. The average Bonchev–Trinajstić information content (AvgIpc) is 3.48. The molecule has 0 aliphatic carbocycles. The third-order valence-corrected chi connectivity index (χ3v) is 6.93. The smallest absolute Gasteiger partial charge is 0.272 e. The topological polar surface area (TPSA) is 75.7 Å². The predicted molar refractivity (Wildman–Crippen MR) is 126 cm³/mol. The van der Waals surface area contributed by atoms with E-state index in [0.29, 0.717) is 29.9 Å². The van der Waals surface area contributed by atoms with Gasteiger partial charge in [0.25, 0.3) is 5.56 Å². The summed E-state index contributed by atoms with van der Waals surface area (Å²) in [7, 11) is 0. The minimum Gasteiger partial charge on any atom is -0.368 e. The molecule has 3 aromatic heterocycles. The van der Waals surface area contributed by atoms with E-state index >= 15 is 0 Å². The highest BCUT2D eigenvalue weighted by molar-refractivity contribution is 7.17. The molecule has 0 radical (unpaired) electrons. The van der Waals surface area contributed by atoms with Gasteiger partial charge in [0, 0.05) is 51.3 Å². The zero-order valence-corrected chi connectivity index (χ0v) is 18.9. The Bertz CT molecular complexity index is 1300. The van der Waals surface area contributed by atoms with Crippen LogP contribution in [0.25, 0.3) is 16.0 Å². The van der Waals surface area contributed by atoms with Crippen molar-refractivity contribution >= 4 is 38.9 Å². The van der Waals surface area contributed by atoms with E-state index in [-0.39, 0.29) is 11.5 Å². The van der Waals surface area contributed by atoms with E-state index in [0.717, 1.165) is 43.9 Å². The van der Waals surface area contributed by atoms with E-state index in [1.54, 1.807) is 4.57 Å². The Hall–Kier alpha value is -3.20. The molecule has 1 fully saturated rings. The molecule has 1 saturated heterocycles. The van der Waals surface area contributed by atoms with Gasteiger partial charge in [-0.15, -0.1) is 21.5 Å². The highest BCUT2D eigenvalue weighted by Crippen LogP contribution is 2.21. The van der Waals surface area contributed by atoms with Crippen molar-refractivity contribution in [3.8, 4) is 0 Å². The number of carbonyl (C=O) groups excluding carboxylic acids is 1. The normalized spacial score (nSPS) is 14.5. The number of aromatic nitrogens is 4. The Labute approximate surface area is 189 Å². The molecular formula is C23H26N6O2S. The number of piperazine rings is 1. The summed E-state index contributed by atoms with van der Waals surface area (Å²) >= 11 is 1.44. The predicted octanol–water partition coefficient (Wildman–Crippen LogP) is 2.80. The molecule has 0 saturated carbocycles. The Kier molecular flexibility index (Phi) is 5.65. The van der Waals surface area contributed by atoms with E-state index < -0.39 is 0 Å². The van der Waals surface area contributed by atoms with Gasteiger partial charge in [-0.25, -0.2) is 0 Å². The molecule has 0 spiro atoms. The van der Waals surface area contributed by atoms with Crippen LogP contribution in [0.2, 0.25) is 0 Å². The number of para-hydroxylation sites is 1. The van der Waals surface area contributed by atoms with Crippen LogP contribution in [0.1, 0.15) is 25.6 Å². The molecule has 4 heterocycles. The van der Waals surface area contributed by atoms with Gasteiger partial charge in [0.05, 0.1) is 5.52 Å². The van der Waals surface area contributed by atoms with Crippen molar-refractivity contribution < 1.29 is 4.79 Å². The number of aryl methyl sites for hydroxylation is 2. The number of thiophene rings is 1. The Morgan fingerprint density at radius 1 is 1.06 bits per heavy atom. The van der Waals surface area contributed by atoms with E-state index in [2.05, 4.69) is 27.2 Å². The zero-order valence-electron chi connectivity index (χ0n) is 18.1. The van der Waals surface area contributed by atoms with Crippen molar-refractivity contribution in [2.24, 2.45) is 0 Å². The summed E-state index contributed by atoms with van der Waals surface area (Å²) in [6, 6.07) is 12.2. The summed E-state index contributed by atoms with van der Waals surface area (Å²) in [5.41, 5.74) is 2.01. The molecule has 166 valence electrons. The summed E-state index contributed by atoms with van der Waals surface area (Å²) < 4.78 is 4.35. The van der Waals surface area contributed by atoms with E-state index in [9.17, 15) is 9.59 Å². The van der Waals surface area contributed by atoms with Crippen molar-refractivity contribution in [1.82, 2.24) is 24.1 Å². The maximum absolute atomic E-state index is 12.9. The number of hydrogen-bond donors (Lipinski definition) is 0. The molecule has 0 bridgehead atoms. The molecule has 1 aliphatic heterocycles. The van der Waals surface area contributed by atoms with Gasteiger partial charge in [-0.05, 0) is 30.0 Å². The van der Waals surface area contributed by atoms with Gasteiger partial charge >= 0.3 is 0 Å². The van der Waals surface area contributed by atoms with Gasteiger partial charge in [-0.1, -0.05) is 25.1 Å². The first-order chi connectivity index (χ1) is 15.7. The molecule has 1 aliphatic rings. The Morgan fingerprint density at radius 3 is 2.59 bits per heavy atom. The summed E-state index contributed by atoms with van der Waals surface area (Å²) in [5, 5.41) is 10.6. The fourth-order valence-electron chi connectivity index (χ4n) is 4.40. The van der Waals surface area contributed by atoms with Gasteiger partial charge in [0.2, 0.25) is 11.7 Å². The van der Waals surface area contributed by atoms with Crippen molar-refractivity contribution in [1.29, 1.82) is 0 Å². The largest absolute Gasteiger partial charge is 0.368 e. The number of nitrogens with zero attached hydrogens (tertiary/aromatic N) is 6. The van der Waals surface area contributed by atoms with Crippen molar-refractivity contribution in [3.05, 3.63) is 58.0 Å². The first-order valence-electron chi connectivity index (χ1n) is 11.1. The maximum atomic E-state index is 12.9. The lowest BCUT2D eigenvalue weighted by atomic mass is 10.2. The Balaban J connectivity index is 1.31. The standard InChI is InChI=1S/C23H26N6O2S/c1-2-11-28-22(31)21-18(10-16-32-21)29-19(24-25-23(28)29)8-9-20(30)27-14-12-26(13-15-27)17-6-4-3-5-7-17/h3-7,10,16H,2,8-9,11-15H2,1H3. The molecule has 32 heavy (non-hydrogen) atoms. The summed E-state index contributed by atoms with van der Waals surface area (Å²) in [6.07, 6.45) is 1.71. The molecule has 0 unspecified atom stereocenters. The van der Waals surface area contributed by atoms with Crippen LogP contribution in [0, 0.1) is 0 Å². The molecule has 5 rings (SSSR count). The average molecular weight is 451 g/mol. The molecule has 8 nitrogen and oxygen atoms in total. The lowest BCUT2D eigenvalue weighted by Gasteiger charge is -2.36. The van der Waals surface area contributed by atoms with Crippen LogP contribution in [0.5, 0.6) is 0 Å². The van der Waals surface area contributed by atoms with Crippen LogP contribution in [0.4, 0.5) is 5.69 Å². The maximum Gasteiger partial charge on any atom is 0.272 e. The molecule has 1 amide bonds. The van der Waals surface area contributed by atoms with Crippen LogP contribution in [-0.4, -0.2) is 56.2 Å². The van der Waals surface area contributed by atoms with Gasteiger partial charge in [0.1, 0.15) is 10.5 Å². The molecule has 0 atom stereocenters. The molecule has 9 heteroatoms. The van der Waals surface area contributed by atoms with Crippen LogP contribution < -0.4 is 10.5 Å². The minimum atomic E-state index is -0.0179. The van der Waals surface area contributed by atoms with Crippen molar-refractivity contribution in [3.63, 3.8) is 0 Å². The number of hydrogen-bond acceptors (Lipinski definition) is 6. The highest BCUT2D eigenvalue weighted by atomic mass is 32.1. The van der Waals surface area contributed by atoms with E-state index in [4.69, 9.17) is 0 Å².